The third-order valence-electron chi connectivity index (χ3n) is 2.95. The van der Waals surface area contributed by atoms with Gasteiger partial charge in [0.15, 0.2) is 0 Å². The van der Waals surface area contributed by atoms with E-state index in [1.54, 1.807) is 26.4 Å². The number of halogens is 1. The highest BCUT2D eigenvalue weighted by Gasteiger charge is 2.09. The van der Waals surface area contributed by atoms with Gasteiger partial charge in [-0.3, -0.25) is 0 Å². The topological polar surface area (TPSA) is 44.5 Å². The van der Waals surface area contributed by atoms with Gasteiger partial charge in [0.05, 0.1) is 14.2 Å². The molecule has 100 valence electrons. The van der Waals surface area contributed by atoms with Gasteiger partial charge in [-0.2, -0.15) is 0 Å². The second-order valence-corrected chi connectivity index (χ2v) is 4.11. The number of benzene rings is 2. The van der Waals surface area contributed by atoms with Gasteiger partial charge in [-0.15, -0.1) is 0 Å². The number of ether oxygens (including phenoxy) is 2. The summed E-state index contributed by atoms with van der Waals surface area (Å²) in [4.78, 5) is 0. The van der Waals surface area contributed by atoms with E-state index >= 15 is 0 Å². The molecule has 0 aliphatic carbocycles. The smallest absolute Gasteiger partial charge is 0.123 e. The van der Waals surface area contributed by atoms with Crippen LogP contribution in [0.3, 0.4) is 0 Å². The van der Waals surface area contributed by atoms with Crippen molar-refractivity contribution in [1.29, 1.82) is 0 Å². The lowest BCUT2D eigenvalue weighted by Crippen LogP contribution is -2.00. The molecular formula is C15H16FNO2. The van der Waals surface area contributed by atoms with Crippen LogP contribution in [-0.4, -0.2) is 14.2 Å². The second kappa shape index (κ2) is 5.71. The summed E-state index contributed by atoms with van der Waals surface area (Å²) < 4.78 is 23.9. The van der Waals surface area contributed by atoms with Gasteiger partial charge in [-0.25, -0.2) is 4.39 Å². The van der Waals surface area contributed by atoms with E-state index in [0.717, 1.165) is 16.7 Å². The molecule has 0 amide bonds. The van der Waals surface area contributed by atoms with Gasteiger partial charge in [0, 0.05) is 12.6 Å². The predicted octanol–water partition coefficient (Wildman–Crippen LogP) is 2.97. The summed E-state index contributed by atoms with van der Waals surface area (Å²) in [6, 6.07) is 9.99. The van der Waals surface area contributed by atoms with E-state index in [9.17, 15) is 4.39 Å². The zero-order chi connectivity index (χ0) is 13.8. The molecule has 0 atom stereocenters. The molecule has 0 saturated carbocycles. The van der Waals surface area contributed by atoms with Crippen molar-refractivity contribution in [3.8, 4) is 22.6 Å². The Balaban J connectivity index is 2.60. The van der Waals surface area contributed by atoms with Gasteiger partial charge in [0.25, 0.3) is 0 Å². The van der Waals surface area contributed by atoms with E-state index in [1.165, 1.54) is 12.1 Å². The monoisotopic (exact) mass is 261 g/mol. The van der Waals surface area contributed by atoms with Crippen LogP contribution in [0.5, 0.6) is 11.5 Å². The molecule has 0 heterocycles. The Hall–Kier alpha value is -2.07. The van der Waals surface area contributed by atoms with Crippen LogP contribution in [0.25, 0.3) is 11.1 Å². The Morgan fingerprint density at radius 3 is 2.16 bits per heavy atom. The number of hydrogen-bond acceptors (Lipinski definition) is 3. The zero-order valence-electron chi connectivity index (χ0n) is 10.9. The van der Waals surface area contributed by atoms with Crippen molar-refractivity contribution in [3.63, 3.8) is 0 Å². The lowest BCUT2D eigenvalue weighted by Gasteiger charge is -2.12. The average Bonchev–Trinajstić information content (AvgIpc) is 2.46. The Morgan fingerprint density at radius 2 is 1.63 bits per heavy atom. The number of methoxy groups -OCH3 is 2. The van der Waals surface area contributed by atoms with E-state index in [1.807, 2.05) is 12.1 Å². The van der Waals surface area contributed by atoms with Crippen molar-refractivity contribution in [2.24, 2.45) is 5.73 Å². The summed E-state index contributed by atoms with van der Waals surface area (Å²) in [5.41, 5.74) is 8.13. The fourth-order valence-electron chi connectivity index (χ4n) is 1.96. The molecule has 2 aromatic carbocycles. The SMILES string of the molecule is COc1cc(OC)cc(-c2cc(F)ccc2CN)c1. The maximum Gasteiger partial charge on any atom is 0.123 e. The summed E-state index contributed by atoms with van der Waals surface area (Å²) in [5, 5.41) is 0. The molecule has 0 spiro atoms. The highest BCUT2D eigenvalue weighted by molar-refractivity contribution is 5.70. The molecule has 4 heteroatoms. The van der Waals surface area contributed by atoms with Gasteiger partial charge in [-0.1, -0.05) is 6.07 Å². The molecule has 0 aliphatic heterocycles. The first-order valence-corrected chi connectivity index (χ1v) is 5.90. The quantitative estimate of drug-likeness (QED) is 0.920. The Morgan fingerprint density at radius 1 is 1.00 bits per heavy atom. The summed E-state index contributed by atoms with van der Waals surface area (Å²) in [6.45, 7) is 0.342. The second-order valence-electron chi connectivity index (χ2n) is 4.11. The Kier molecular flexibility index (Phi) is 4.02. The van der Waals surface area contributed by atoms with E-state index in [-0.39, 0.29) is 5.82 Å². The van der Waals surface area contributed by atoms with Crippen molar-refractivity contribution in [1.82, 2.24) is 0 Å². The third-order valence-corrected chi connectivity index (χ3v) is 2.95. The lowest BCUT2D eigenvalue weighted by atomic mass is 9.99. The van der Waals surface area contributed by atoms with E-state index < -0.39 is 0 Å². The number of rotatable bonds is 4. The van der Waals surface area contributed by atoms with E-state index in [4.69, 9.17) is 15.2 Å². The first-order chi connectivity index (χ1) is 9.17. The molecular weight excluding hydrogens is 245 g/mol. The molecule has 0 aromatic heterocycles. The molecule has 19 heavy (non-hydrogen) atoms. The largest absolute Gasteiger partial charge is 0.497 e. The maximum atomic E-state index is 13.4. The van der Waals surface area contributed by atoms with Gasteiger partial charge in [0.2, 0.25) is 0 Å². The predicted molar refractivity (Wildman–Crippen MR) is 72.8 cm³/mol. The van der Waals surface area contributed by atoms with Crippen LogP contribution in [0, 0.1) is 5.82 Å². The zero-order valence-corrected chi connectivity index (χ0v) is 10.9. The van der Waals surface area contributed by atoms with Crippen LogP contribution in [0.1, 0.15) is 5.56 Å². The first-order valence-electron chi connectivity index (χ1n) is 5.90. The molecule has 0 fully saturated rings. The summed E-state index contributed by atoms with van der Waals surface area (Å²) in [5.74, 6) is 1.01. The maximum absolute atomic E-state index is 13.4. The molecule has 0 saturated heterocycles. The van der Waals surface area contributed by atoms with Gasteiger partial charge in [-0.05, 0) is 41.0 Å². The first kappa shape index (κ1) is 13.4. The van der Waals surface area contributed by atoms with Crippen LogP contribution in [0.4, 0.5) is 4.39 Å². The van der Waals surface area contributed by atoms with Crippen LogP contribution in [0.2, 0.25) is 0 Å². The van der Waals surface area contributed by atoms with Crippen molar-refractivity contribution in [3.05, 3.63) is 47.8 Å². The van der Waals surface area contributed by atoms with Crippen LogP contribution >= 0.6 is 0 Å². The molecule has 2 N–H and O–H groups in total. The lowest BCUT2D eigenvalue weighted by molar-refractivity contribution is 0.394. The molecule has 2 rings (SSSR count). The van der Waals surface area contributed by atoms with Crippen molar-refractivity contribution in [2.45, 2.75) is 6.54 Å². The van der Waals surface area contributed by atoms with Crippen molar-refractivity contribution >= 4 is 0 Å². The van der Waals surface area contributed by atoms with Crippen LogP contribution in [0.15, 0.2) is 36.4 Å². The fraction of sp³-hybridized carbons (Fsp3) is 0.200. The Labute approximate surface area is 111 Å². The molecule has 0 unspecified atom stereocenters. The minimum atomic E-state index is -0.297. The number of hydrogen-bond donors (Lipinski definition) is 1. The normalized spacial score (nSPS) is 10.3. The van der Waals surface area contributed by atoms with Crippen molar-refractivity contribution in [2.75, 3.05) is 14.2 Å². The minimum Gasteiger partial charge on any atom is -0.497 e. The highest BCUT2D eigenvalue weighted by Crippen LogP contribution is 2.32. The average molecular weight is 261 g/mol. The van der Waals surface area contributed by atoms with Gasteiger partial charge < -0.3 is 15.2 Å². The molecule has 0 bridgehead atoms. The molecule has 3 nitrogen and oxygen atoms in total. The van der Waals surface area contributed by atoms with Crippen LogP contribution < -0.4 is 15.2 Å². The van der Waals surface area contributed by atoms with E-state index in [0.29, 0.717) is 18.0 Å². The molecule has 0 aliphatic rings. The van der Waals surface area contributed by atoms with Gasteiger partial charge >= 0.3 is 0 Å². The molecule has 2 aromatic rings. The van der Waals surface area contributed by atoms with Crippen LogP contribution in [-0.2, 0) is 6.54 Å². The standard InChI is InChI=1S/C15H16FNO2/c1-18-13-5-11(6-14(8-13)19-2)15-7-12(16)4-3-10(15)9-17/h3-8H,9,17H2,1-2H3. The fourth-order valence-corrected chi connectivity index (χ4v) is 1.96. The van der Waals surface area contributed by atoms with Crippen molar-refractivity contribution < 1.29 is 13.9 Å². The summed E-state index contributed by atoms with van der Waals surface area (Å²) in [7, 11) is 3.15. The number of nitrogens with two attached hydrogens (primary N) is 1. The summed E-state index contributed by atoms with van der Waals surface area (Å²) in [6.07, 6.45) is 0. The third kappa shape index (κ3) is 2.85. The van der Waals surface area contributed by atoms with E-state index in [2.05, 4.69) is 0 Å². The molecule has 0 radical (unpaired) electrons. The minimum absolute atomic E-state index is 0.297. The summed E-state index contributed by atoms with van der Waals surface area (Å²) >= 11 is 0. The highest BCUT2D eigenvalue weighted by atomic mass is 19.1. The Bertz CT molecular complexity index is 562. The van der Waals surface area contributed by atoms with Gasteiger partial charge in [0.1, 0.15) is 17.3 Å².